The summed E-state index contributed by atoms with van der Waals surface area (Å²) in [6, 6.07) is 5.09. The zero-order valence-electron chi connectivity index (χ0n) is 17.8. The van der Waals surface area contributed by atoms with Gasteiger partial charge in [0.2, 0.25) is 15.9 Å². The minimum atomic E-state index is -3.63. The van der Waals surface area contributed by atoms with Crippen LogP contribution in [0.15, 0.2) is 23.1 Å². The second kappa shape index (κ2) is 11.1. The lowest BCUT2D eigenvalue weighted by Crippen LogP contribution is -2.40. The average Bonchev–Trinajstić information content (AvgIpc) is 2.78. The molecule has 30 heavy (non-hydrogen) atoms. The van der Waals surface area contributed by atoms with Crippen LogP contribution in [-0.4, -0.2) is 71.2 Å². The van der Waals surface area contributed by atoms with E-state index in [1.807, 2.05) is 13.0 Å². The van der Waals surface area contributed by atoms with Crippen LogP contribution >= 0.6 is 0 Å². The Kier molecular flexibility index (Phi) is 8.50. The van der Waals surface area contributed by atoms with Gasteiger partial charge in [0.05, 0.1) is 29.5 Å². The maximum absolute atomic E-state index is 13.1. The van der Waals surface area contributed by atoms with Crippen LogP contribution in [0.3, 0.4) is 0 Å². The van der Waals surface area contributed by atoms with E-state index in [2.05, 4.69) is 10.2 Å². The Bertz CT molecular complexity index is 803. The molecule has 0 bridgehead atoms. The van der Waals surface area contributed by atoms with Crippen molar-refractivity contribution in [3.8, 4) is 0 Å². The molecular weight excluding hydrogens is 406 g/mol. The summed E-state index contributed by atoms with van der Waals surface area (Å²) in [5.41, 5.74) is 1.45. The monoisotopic (exact) mass is 439 g/mol. The van der Waals surface area contributed by atoms with Gasteiger partial charge >= 0.3 is 0 Å². The van der Waals surface area contributed by atoms with Crippen molar-refractivity contribution in [3.63, 3.8) is 0 Å². The molecule has 1 amide bonds. The zero-order chi connectivity index (χ0) is 21.4. The van der Waals surface area contributed by atoms with E-state index in [9.17, 15) is 13.2 Å². The highest BCUT2D eigenvalue weighted by molar-refractivity contribution is 7.89. The number of sulfonamides is 1. The van der Waals surface area contributed by atoms with Gasteiger partial charge in [-0.1, -0.05) is 0 Å². The maximum atomic E-state index is 13.1. The lowest BCUT2D eigenvalue weighted by molar-refractivity contribution is -0.116. The zero-order valence-corrected chi connectivity index (χ0v) is 18.6. The Morgan fingerprint density at radius 3 is 2.57 bits per heavy atom. The molecule has 0 aliphatic carbocycles. The first-order valence-electron chi connectivity index (χ1n) is 10.9. The molecule has 0 aromatic heterocycles. The van der Waals surface area contributed by atoms with Crippen molar-refractivity contribution in [2.75, 3.05) is 62.8 Å². The van der Waals surface area contributed by atoms with Gasteiger partial charge in [-0.3, -0.25) is 4.79 Å². The van der Waals surface area contributed by atoms with Crippen LogP contribution in [0.2, 0.25) is 0 Å². The first-order chi connectivity index (χ1) is 14.5. The molecule has 1 N–H and O–H groups in total. The fraction of sp³-hybridized carbons (Fsp3) is 0.667. The summed E-state index contributed by atoms with van der Waals surface area (Å²) < 4.78 is 38.2. The summed E-state index contributed by atoms with van der Waals surface area (Å²) in [6.07, 6.45) is 4.34. The van der Waals surface area contributed by atoms with Crippen molar-refractivity contribution in [2.24, 2.45) is 0 Å². The normalized spacial score (nSPS) is 18.4. The van der Waals surface area contributed by atoms with E-state index in [1.165, 1.54) is 10.7 Å². The third-order valence-electron chi connectivity index (χ3n) is 5.44. The van der Waals surface area contributed by atoms with Gasteiger partial charge in [-0.2, -0.15) is 4.31 Å². The molecule has 1 aromatic rings. The number of ether oxygens (including phenoxy) is 2. The fourth-order valence-electron chi connectivity index (χ4n) is 3.81. The number of carbonyl (C=O) groups excluding carboxylic acids is 1. The van der Waals surface area contributed by atoms with Crippen molar-refractivity contribution in [1.29, 1.82) is 0 Å². The third-order valence-corrected chi connectivity index (χ3v) is 7.34. The highest BCUT2D eigenvalue weighted by Crippen LogP contribution is 2.32. The van der Waals surface area contributed by atoms with Crippen LogP contribution in [0.25, 0.3) is 0 Å². The number of carbonyl (C=O) groups is 1. The van der Waals surface area contributed by atoms with Gasteiger partial charge in [0, 0.05) is 45.8 Å². The molecule has 2 aliphatic rings. The first kappa shape index (κ1) is 23.0. The lowest BCUT2D eigenvalue weighted by Gasteiger charge is -2.31. The SMILES string of the molecule is CCOCCCC(=O)Nc1cc(S(=O)(=O)N2CCOCC2)ccc1N1CCCCC1. The molecule has 3 rings (SSSR count). The molecule has 9 heteroatoms. The van der Waals surface area contributed by atoms with Crippen molar-refractivity contribution in [2.45, 2.75) is 43.9 Å². The maximum Gasteiger partial charge on any atom is 0.243 e. The van der Waals surface area contributed by atoms with E-state index < -0.39 is 10.0 Å². The van der Waals surface area contributed by atoms with E-state index in [0.717, 1.165) is 31.6 Å². The van der Waals surface area contributed by atoms with Crippen molar-refractivity contribution in [1.82, 2.24) is 4.31 Å². The Balaban J connectivity index is 1.82. The number of rotatable bonds is 9. The van der Waals surface area contributed by atoms with E-state index in [4.69, 9.17) is 9.47 Å². The molecule has 168 valence electrons. The number of nitrogens with zero attached hydrogens (tertiary/aromatic N) is 2. The number of benzene rings is 1. The van der Waals surface area contributed by atoms with Crippen molar-refractivity contribution < 1.29 is 22.7 Å². The molecule has 0 radical (unpaired) electrons. The van der Waals surface area contributed by atoms with Gasteiger partial charge in [-0.05, 0) is 50.8 Å². The quantitative estimate of drug-likeness (QED) is 0.595. The number of anilines is 2. The summed E-state index contributed by atoms with van der Waals surface area (Å²) in [5, 5.41) is 2.96. The topological polar surface area (TPSA) is 88.2 Å². The van der Waals surface area contributed by atoms with Gasteiger partial charge in [-0.15, -0.1) is 0 Å². The summed E-state index contributed by atoms with van der Waals surface area (Å²) in [4.78, 5) is 14.9. The number of amides is 1. The van der Waals surface area contributed by atoms with Gasteiger partial charge in [0.25, 0.3) is 0 Å². The van der Waals surface area contributed by atoms with Crippen LogP contribution in [0.5, 0.6) is 0 Å². The average molecular weight is 440 g/mol. The Hall–Kier alpha value is -1.68. The molecule has 8 nitrogen and oxygen atoms in total. The minimum Gasteiger partial charge on any atom is -0.382 e. The second-order valence-corrected chi connectivity index (χ2v) is 9.53. The number of hydrogen-bond donors (Lipinski definition) is 1. The third kappa shape index (κ3) is 5.94. The summed E-state index contributed by atoms with van der Waals surface area (Å²) >= 11 is 0. The van der Waals surface area contributed by atoms with Crippen LogP contribution < -0.4 is 10.2 Å². The standard InChI is InChI=1S/C21H33N3O5S/c1-2-28-14-6-7-21(25)22-19-17-18(30(26,27)24-12-15-29-16-13-24)8-9-20(19)23-10-4-3-5-11-23/h8-9,17H,2-7,10-16H2,1H3,(H,22,25). The molecule has 0 spiro atoms. The smallest absolute Gasteiger partial charge is 0.243 e. The van der Waals surface area contributed by atoms with Crippen LogP contribution in [0.1, 0.15) is 39.0 Å². The minimum absolute atomic E-state index is 0.131. The summed E-state index contributed by atoms with van der Waals surface area (Å²) in [5.74, 6) is -0.131. The van der Waals surface area contributed by atoms with Gasteiger partial charge in [0.15, 0.2) is 0 Å². The van der Waals surface area contributed by atoms with E-state index >= 15 is 0 Å². The van der Waals surface area contributed by atoms with Gasteiger partial charge in [0.1, 0.15) is 0 Å². The number of piperidine rings is 1. The molecule has 0 atom stereocenters. The molecule has 2 aliphatic heterocycles. The fourth-order valence-corrected chi connectivity index (χ4v) is 5.25. The molecule has 0 saturated carbocycles. The Morgan fingerprint density at radius 2 is 1.87 bits per heavy atom. The highest BCUT2D eigenvalue weighted by atomic mass is 32.2. The largest absolute Gasteiger partial charge is 0.382 e. The number of nitrogens with one attached hydrogen (secondary N) is 1. The first-order valence-corrected chi connectivity index (χ1v) is 12.3. The predicted molar refractivity (Wildman–Crippen MR) is 116 cm³/mol. The van der Waals surface area contributed by atoms with Crippen molar-refractivity contribution in [3.05, 3.63) is 18.2 Å². The van der Waals surface area contributed by atoms with Crippen molar-refractivity contribution >= 4 is 27.3 Å². The summed E-state index contributed by atoms with van der Waals surface area (Å²) in [7, 11) is -3.63. The van der Waals surface area contributed by atoms with Gasteiger partial charge < -0.3 is 19.7 Å². The second-order valence-electron chi connectivity index (χ2n) is 7.59. The van der Waals surface area contributed by atoms with Crippen LogP contribution in [-0.2, 0) is 24.3 Å². The molecular formula is C21H33N3O5S. The van der Waals surface area contributed by atoms with E-state index in [0.29, 0.717) is 58.0 Å². The van der Waals surface area contributed by atoms with Crippen LogP contribution in [0, 0.1) is 0 Å². The molecule has 2 saturated heterocycles. The van der Waals surface area contributed by atoms with Crippen LogP contribution in [0.4, 0.5) is 11.4 Å². The molecule has 2 fully saturated rings. The number of morpholine rings is 1. The Morgan fingerprint density at radius 1 is 1.13 bits per heavy atom. The molecule has 0 unspecified atom stereocenters. The Labute approximate surface area is 179 Å². The predicted octanol–water partition coefficient (Wildman–Crippen LogP) is 2.45. The molecule has 1 aromatic carbocycles. The lowest BCUT2D eigenvalue weighted by atomic mass is 10.1. The number of hydrogen-bond acceptors (Lipinski definition) is 6. The molecule has 2 heterocycles. The van der Waals surface area contributed by atoms with E-state index in [1.54, 1.807) is 12.1 Å². The van der Waals surface area contributed by atoms with E-state index in [-0.39, 0.29) is 10.8 Å². The highest BCUT2D eigenvalue weighted by Gasteiger charge is 2.28. The van der Waals surface area contributed by atoms with Gasteiger partial charge in [-0.25, -0.2) is 8.42 Å². The summed E-state index contributed by atoms with van der Waals surface area (Å²) in [6.45, 7) is 6.38.